The van der Waals surface area contributed by atoms with E-state index >= 15 is 4.39 Å². The lowest BCUT2D eigenvalue weighted by molar-refractivity contribution is 0.316. The second-order valence-electron chi connectivity index (χ2n) is 10.0. The number of benzene rings is 2. The van der Waals surface area contributed by atoms with E-state index in [0.29, 0.717) is 27.2 Å². The molecule has 0 amide bonds. The second-order valence-corrected chi connectivity index (χ2v) is 11.2. The molecule has 0 N–H and O–H groups in total. The van der Waals surface area contributed by atoms with Gasteiger partial charge < -0.3 is 0 Å². The lowest BCUT2D eigenvalue weighted by Gasteiger charge is -2.28. The Morgan fingerprint density at radius 2 is 1.83 bits per heavy atom. The number of hydrogen-bond donors (Lipinski definition) is 0. The van der Waals surface area contributed by atoms with Crippen LogP contribution in [0.1, 0.15) is 55.0 Å². The van der Waals surface area contributed by atoms with Crippen molar-refractivity contribution in [3.05, 3.63) is 64.7 Å². The smallest absolute Gasteiger partial charge is 0.188 e. The minimum Gasteiger partial charge on any atom is -0.249 e. The molecule has 2 unspecified atom stereocenters. The summed E-state index contributed by atoms with van der Waals surface area (Å²) < 4.78 is 16.4. The van der Waals surface area contributed by atoms with E-state index in [1.165, 1.54) is 31.0 Å². The normalized spacial score (nSPS) is 21.7. The van der Waals surface area contributed by atoms with E-state index in [1.54, 1.807) is 6.08 Å². The fraction of sp³-hybridized carbons (Fsp3) is 0.345. The van der Waals surface area contributed by atoms with E-state index in [0.717, 1.165) is 57.8 Å². The summed E-state index contributed by atoms with van der Waals surface area (Å²) in [5, 5.41) is 3.68. The zero-order valence-electron chi connectivity index (χ0n) is 19.9. The second kappa shape index (κ2) is 8.86. The van der Waals surface area contributed by atoms with E-state index in [9.17, 15) is 0 Å². The third kappa shape index (κ3) is 3.84. The van der Waals surface area contributed by atoms with E-state index in [1.807, 2.05) is 43.5 Å². The summed E-state index contributed by atoms with van der Waals surface area (Å²) in [5.41, 5.74) is 3.93. The van der Waals surface area contributed by atoms with Gasteiger partial charge in [-0.1, -0.05) is 61.0 Å². The Hall–Kier alpha value is -2.50. The summed E-state index contributed by atoms with van der Waals surface area (Å²) >= 11 is 8.08. The van der Waals surface area contributed by atoms with Gasteiger partial charge in [-0.2, -0.15) is 0 Å². The molecule has 0 aliphatic heterocycles. The fourth-order valence-corrected chi connectivity index (χ4v) is 7.02. The molecule has 0 saturated heterocycles. The standard InChI is InChI=1S/C29H27ClFN3S/c1-4-16-11-19-6-5-7-22(30)24(19)21(14-16)27-25(31)28-23(15(2)32-27)26(33-29(34-28)35-3)20-12-17-8-9-18(10-17)13-20/h4-7,11,14,17-18,20H,1,8-10,12-13H2,2-3H3. The van der Waals surface area contributed by atoms with Gasteiger partial charge in [-0.3, -0.25) is 0 Å². The van der Waals surface area contributed by atoms with Crippen molar-refractivity contribution in [2.45, 2.75) is 50.1 Å². The largest absolute Gasteiger partial charge is 0.249 e. The zero-order valence-corrected chi connectivity index (χ0v) is 21.5. The number of thioether (sulfide) groups is 1. The summed E-state index contributed by atoms with van der Waals surface area (Å²) in [6.45, 7) is 5.87. The van der Waals surface area contributed by atoms with Crippen molar-refractivity contribution >= 4 is 51.1 Å². The molecule has 3 nitrogen and oxygen atoms in total. The SMILES string of the molecule is C=Cc1cc(-c2nc(C)c3c(C4CC5CCC(C5)C4)nc(SC)nc3c2F)c2c(Cl)cccc2c1. The van der Waals surface area contributed by atoms with Crippen molar-refractivity contribution in [3.8, 4) is 11.3 Å². The molecule has 2 aromatic heterocycles. The molecular formula is C29H27ClFN3S. The molecule has 4 aromatic rings. The molecule has 2 saturated carbocycles. The summed E-state index contributed by atoms with van der Waals surface area (Å²) in [6.07, 6.45) is 9.91. The van der Waals surface area contributed by atoms with Crippen molar-refractivity contribution in [1.29, 1.82) is 0 Å². The van der Waals surface area contributed by atoms with Gasteiger partial charge in [0.25, 0.3) is 0 Å². The zero-order chi connectivity index (χ0) is 24.3. The van der Waals surface area contributed by atoms with Gasteiger partial charge >= 0.3 is 0 Å². The first-order chi connectivity index (χ1) is 17.0. The molecule has 6 heteroatoms. The summed E-state index contributed by atoms with van der Waals surface area (Å²) in [6, 6.07) is 9.63. The highest BCUT2D eigenvalue weighted by Gasteiger charge is 2.37. The van der Waals surface area contributed by atoms with Gasteiger partial charge in [-0.15, -0.1) is 0 Å². The van der Waals surface area contributed by atoms with Gasteiger partial charge in [-0.05, 0) is 73.4 Å². The third-order valence-corrected chi connectivity index (χ3v) is 8.73. The Labute approximate surface area is 214 Å². The van der Waals surface area contributed by atoms with Crippen LogP contribution in [0.15, 0.2) is 42.1 Å². The van der Waals surface area contributed by atoms with Gasteiger partial charge in [0.05, 0.1) is 5.69 Å². The van der Waals surface area contributed by atoms with Gasteiger partial charge in [0.1, 0.15) is 11.2 Å². The van der Waals surface area contributed by atoms with Gasteiger partial charge in [-0.25, -0.2) is 19.3 Å². The highest BCUT2D eigenvalue weighted by atomic mass is 35.5. The maximum absolute atomic E-state index is 16.4. The predicted molar refractivity (Wildman–Crippen MR) is 145 cm³/mol. The number of rotatable bonds is 4. The van der Waals surface area contributed by atoms with Crippen LogP contribution in [0.2, 0.25) is 5.02 Å². The van der Waals surface area contributed by atoms with Crippen LogP contribution in [0.4, 0.5) is 4.39 Å². The number of fused-ring (bicyclic) bond motifs is 4. The number of nitrogens with zero attached hydrogens (tertiary/aromatic N) is 3. The highest BCUT2D eigenvalue weighted by Crippen LogP contribution is 2.49. The average molecular weight is 504 g/mol. The molecule has 178 valence electrons. The number of pyridine rings is 1. The van der Waals surface area contributed by atoms with E-state index in [4.69, 9.17) is 21.6 Å². The molecule has 35 heavy (non-hydrogen) atoms. The van der Waals surface area contributed by atoms with Crippen LogP contribution in [-0.2, 0) is 0 Å². The molecule has 0 spiro atoms. The maximum Gasteiger partial charge on any atom is 0.188 e. The number of halogens is 2. The topological polar surface area (TPSA) is 38.7 Å². The molecule has 2 aliphatic carbocycles. The molecule has 2 atom stereocenters. The monoisotopic (exact) mass is 503 g/mol. The van der Waals surface area contributed by atoms with Gasteiger partial charge in [0.2, 0.25) is 0 Å². The van der Waals surface area contributed by atoms with Crippen molar-refractivity contribution in [1.82, 2.24) is 15.0 Å². The molecule has 2 aromatic carbocycles. The lowest BCUT2D eigenvalue weighted by Crippen LogP contribution is -2.17. The molecule has 0 radical (unpaired) electrons. The highest BCUT2D eigenvalue weighted by molar-refractivity contribution is 7.98. The molecule has 6 rings (SSSR count). The molecule has 2 bridgehead atoms. The minimum absolute atomic E-state index is 0.275. The Morgan fingerprint density at radius 1 is 1.06 bits per heavy atom. The number of aryl methyl sites for hydroxylation is 1. The molecular weight excluding hydrogens is 477 g/mol. The van der Waals surface area contributed by atoms with E-state index in [2.05, 4.69) is 11.6 Å². The van der Waals surface area contributed by atoms with Crippen molar-refractivity contribution in [2.75, 3.05) is 6.26 Å². The predicted octanol–water partition coefficient (Wildman–Crippen LogP) is 8.60. The summed E-state index contributed by atoms with van der Waals surface area (Å²) in [5.74, 6) is 1.44. The van der Waals surface area contributed by atoms with Gasteiger partial charge in [0, 0.05) is 33.0 Å². The van der Waals surface area contributed by atoms with Crippen LogP contribution < -0.4 is 0 Å². The first-order valence-electron chi connectivity index (χ1n) is 12.2. The van der Waals surface area contributed by atoms with Crippen molar-refractivity contribution in [2.24, 2.45) is 11.8 Å². The molecule has 2 heterocycles. The Balaban J connectivity index is 1.62. The number of hydrogen-bond acceptors (Lipinski definition) is 4. The van der Waals surface area contributed by atoms with Crippen molar-refractivity contribution in [3.63, 3.8) is 0 Å². The average Bonchev–Trinajstić information content (AvgIpc) is 3.21. The maximum atomic E-state index is 16.4. The first kappa shape index (κ1) is 22.9. The Bertz CT molecular complexity index is 1490. The Kier molecular flexibility index (Phi) is 5.81. The van der Waals surface area contributed by atoms with Crippen LogP contribution in [-0.4, -0.2) is 21.2 Å². The van der Waals surface area contributed by atoms with Crippen LogP contribution in [0.3, 0.4) is 0 Å². The minimum atomic E-state index is -0.411. The summed E-state index contributed by atoms with van der Waals surface area (Å²) in [4.78, 5) is 14.5. The van der Waals surface area contributed by atoms with Crippen LogP contribution >= 0.6 is 23.4 Å². The van der Waals surface area contributed by atoms with Crippen LogP contribution in [0, 0.1) is 24.6 Å². The van der Waals surface area contributed by atoms with Crippen LogP contribution in [0.5, 0.6) is 0 Å². The van der Waals surface area contributed by atoms with Crippen molar-refractivity contribution < 1.29 is 4.39 Å². The third-order valence-electron chi connectivity index (χ3n) is 7.87. The van der Waals surface area contributed by atoms with E-state index in [-0.39, 0.29) is 5.69 Å². The molecule has 2 fully saturated rings. The quantitative estimate of drug-likeness (QED) is 0.206. The summed E-state index contributed by atoms with van der Waals surface area (Å²) in [7, 11) is 0. The number of aromatic nitrogens is 3. The lowest BCUT2D eigenvalue weighted by atomic mass is 9.78. The van der Waals surface area contributed by atoms with Gasteiger partial charge in [0.15, 0.2) is 11.0 Å². The van der Waals surface area contributed by atoms with E-state index < -0.39 is 5.82 Å². The fourth-order valence-electron chi connectivity index (χ4n) is 6.36. The Morgan fingerprint density at radius 3 is 2.54 bits per heavy atom. The molecule has 2 aliphatic rings. The first-order valence-corrected chi connectivity index (χ1v) is 13.8. The van der Waals surface area contributed by atoms with Crippen LogP contribution in [0.25, 0.3) is 39.0 Å².